The molecule has 0 bridgehead atoms. The van der Waals surface area contributed by atoms with Crippen molar-refractivity contribution in [2.24, 2.45) is 5.73 Å². The van der Waals surface area contributed by atoms with Crippen LogP contribution in [-0.4, -0.2) is 30.4 Å². The van der Waals surface area contributed by atoms with E-state index < -0.39 is 0 Å². The van der Waals surface area contributed by atoms with Gasteiger partial charge in [0.25, 0.3) is 0 Å². The number of halogens is 1. The van der Waals surface area contributed by atoms with E-state index in [1.807, 2.05) is 11.8 Å². The summed E-state index contributed by atoms with van der Waals surface area (Å²) in [6.07, 6.45) is 4.38. The molecule has 1 saturated heterocycles. The van der Waals surface area contributed by atoms with Crippen LogP contribution in [0.15, 0.2) is 18.2 Å². The van der Waals surface area contributed by atoms with Crippen molar-refractivity contribution in [1.82, 2.24) is 0 Å². The molecule has 3 N–H and O–H groups in total. The molecule has 0 unspecified atom stereocenters. The van der Waals surface area contributed by atoms with Gasteiger partial charge in [0.1, 0.15) is 11.7 Å². The molecule has 0 aromatic heterocycles. The van der Waals surface area contributed by atoms with Crippen molar-refractivity contribution in [2.45, 2.75) is 18.1 Å². The maximum absolute atomic E-state index is 13.2. The molecule has 1 aliphatic rings. The molecule has 0 radical (unpaired) electrons. The zero-order chi connectivity index (χ0) is 13.1. The van der Waals surface area contributed by atoms with Crippen molar-refractivity contribution in [2.75, 3.05) is 24.2 Å². The number of nitrogens with zero attached hydrogens (tertiary/aromatic N) is 1. The summed E-state index contributed by atoms with van der Waals surface area (Å²) in [4.78, 5) is 2.20. The molecular formula is C13H18FN3S. The van der Waals surface area contributed by atoms with Crippen LogP contribution in [0.4, 0.5) is 10.1 Å². The first-order chi connectivity index (χ1) is 8.61. The Balaban J connectivity index is 2.21. The smallest absolute Gasteiger partial charge is 0.125 e. The van der Waals surface area contributed by atoms with Crippen molar-refractivity contribution >= 4 is 23.3 Å². The molecule has 0 amide bonds. The van der Waals surface area contributed by atoms with Gasteiger partial charge in [-0.05, 0) is 37.3 Å². The summed E-state index contributed by atoms with van der Waals surface area (Å²) in [7, 11) is 0. The zero-order valence-corrected chi connectivity index (χ0v) is 11.3. The van der Waals surface area contributed by atoms with E-state index in [1.54, 1.807) is 6.07 Å². The maximum Gasteiger partial charge on any atom is 0.125 e. The molecule has 0 spiro atoms. The zero-order valence-electron chi connectivity index (χ0n) is 10.4. The summed E-state index contributed by atoms with van der Waals surface area (Å²) in [5.41, 5.74) is 6.91. The van der Waals surface area contributed by atoms with E-state index in [0.717, 1.165) is 31.6 Å². The molecule has 0 saturated carbocycles. The monoisotopic (exact) mass is 267 g/mol. The average molecular weight is 267 g/mol. The molecule has 1 aromatic rings. The van der Waals surface area contributed by atoms with Gasteiger partial charge in [-0.15, -0.1) is 0 Å². The normalized spacial score (nSPS) is 16.9. The minimum atomic E-state index is -0.344. The van der Waals surface area contributed by atoms with Crippen LogP contribution in [0.5, 0.6) is 0 Å². The van der Waals surface area contributed by atoms with Gasteiger partial charge >= 0.3 is 0 Å². The average Bonchev–Trinajstić information content (AvgIpc) is 2.39. The van der Waals surface area contributed by atoms with Crippen LogP contribution in [0.2, 0.25) is 0 Å². The van der Waals surface area contributed by atoms with Crippen LogP contribution >= 0.6 is 11.8 Å². The quantitative estimate of drug-likeness (QED) is 0.653. The number of thioether (sulfide) groups is 1. The van der Waals surface area contributed by atoms with Gasteiger partial charge in [0.2, 0.25) is 0 Å². The third-order valence-electron chi connectivity index (χ3n) is 3.36. The summed E-state index contributed by atoms with van der Waals surface area (Å²) < 4.78 is 13.2. The van der Waals surface area contributed by atoms with Crippen LogP contribution in [0, 0.1) is 11.2 Å². The lowest BCUT2D eigenvalue weighted by Gasteiger charge is -2.34. The number of piperidine rings is 1. The highest BCUT2D eigenvalue weighted by molar-refractivity contribution is 7.99. The second-order valence-corrected chi connectivity index (χ2v) is 5.64. The van der Waals surface area contributed by atoms with Gasteiger partial charge in [0, 0.05) is 29.6 Å². The first-order valence-corrected chi connectivity index (χ1v) is 7.32. The van der Waals surface area contributed by atoms with Crippen molar-refractivity contribution in [3.05, 3.63) is 29.6 Å². The van der Waals surface area contributed by atoms with Crippen LogP contribution in [0.3, 0.4) is 0 Å². The van der Waals surface area contributed by atoms with E-state index in [4.69, 9.17) is 11.1 Å². The Hall–Kier alpha value is -1.23. The fourth-order valence-corrected chi connectivity index (χ4v) is 3.01. The highest BCUT2D eigenvalue weighted by Crippen LogP contribution is 2.28. The SMILES string of the molecule is CSC1CCN(c2ccc(F)cc2C(=N)N)CC1. The van der Waals surface area contributed by atoms with Crippen LogP contribution < -0.4 is 10.6 Å². The van der Waals surface area contributed by atoms with Gasteiger partial charge in [0.15, 0.2) is 0 Å². The summed E-state index contributed by atoms with van der Waals surface area (Å²) in [6.45, 7) is 1.88. The van der Waals surface area contributed by atoms with Gasteiger partial charge in [0.05, 0.1) is 0 Å². The van der Waals surface area contributed by atoms with E-state index >= 15 is 0 Å². The predicted octanol–water partition coefficient (Wildman–Crippen LogP) is 2.44. The number of hydrogen-bond acceptors (Lipinski definition) is 3. The summed E-state index contributed by atoms with van der Waals surface area (Å²) in [5, 5.41) is 8.26. The predicted molar refractivity (Wildman–Crippen MR) is 76.2 cm³/mol. The number of anilines is 1. The summed E-state index contributed by atoms with van der Waals surface area (Å²) in [6, 6.07) is 4.51. The fraction of sp³-hybridized carbons (Fsp3) is 0.462. The van der Waals surface area contributed by atoms with Crippen LogP contribution in [-0.2, 0) is 0 Å². The fourth-order valence-electron chi connectivity index (χ4n) is 2.33. The Labute approximate surface area is 111 Å². The lowest BCUT2D eigenvalue weighted by Crippen LogP contribution is -2.36. The number of rotatable bonds is 3. The van der Waals surface area contributed by atoms with E-state index in [9.17, 15) is 4.39 Å². The Kier molecular flexibility index (Phi) is 4.11. The molecule has 0 atom stereocenters. The molecule has 3 nitrogen and oxygen atoms in total. The van der Waals surface area contributed by atoms with Crippen molar-refractivity contribution in [3.63, 3.8) is 0 Å². The van der Waals surface area contributed by atoms with Gasteiger partial charge < -0.3 is 10.6 Å². The Morgan fingerprint density at radius 3 is 2.67 bits per heavy atom. The lowest BCUT2D eigenvalue weighted by atomic mass is 10.1. The van der Waals surface area contributed by atoms with Gasteiger partial charge in [-0.3, -0.25) is 5.41 Å². The molecule has 2 rings (SSSR count). The second kappa shape index (κ2) is 5.61. The van der Waals surface area contributed by atoms with E-state index in [2.05, 4.69) is 11.2 Å². The van der Waals surface area contributed by atoms with Crippen molar-refractivity contribution < 1.29 is 4.39 Å². The maximum atomic E-state index is 13.2. The molecular weight excluding hydrogens is 249 g/mol. The third kappa shape index (κ3) is 2.77. The third-order valence-corrected chi connectivity index (χ3v) is 4.50. The molecule has 1 aromatic carbocycles. The topological polar surface area (TPSA) is 53.1 Å². The first kappa shape index (κ1) is 13.2. The summed E-state index contributed by atoms with van der Waals surface area (Å²) in [5.74, 6) is -0.417. The van der Waals surface area contributed by atoms with Gasteiger partial charge in [-0.25, -0.2) is 4.39 Å². The van der Waals surface area contributed by atoms with E-state index in [-0.39, 0.29) is 11.7 Å². The summed E-state index contributed by atoms with van der Waals surface area (Å²) >= 11 is 1.90. The Morgan fingerprint density at radius 2 is 2.11 bits per heavy atom. The molecule has 18 heavy (non-hydrogen) atoms. The standard InChI is InChI=1S/C13H18FN3S/c1-18-10-4-6-17(7-5-10)12-3-2-9(14)8-11(12)13(15)16/h2-3,8,10H,4-7H2,1H3,(H3,15,16). The first-order valence-electron chi connectivity index (χ1n) is 6.03. The van der Waals surface area contributed by atoms with Crippen LogP contribution in [0.25, 0.3) is 0 Å². The van der Waals surface area contributed by atoms with Gasteiger partial charge in [-0.1, -0.05) is 0 Å². The lowest BCUT2D eigenvalue weighted by molar-refractivity contribution is 0.589. The van der Waals surface area contributed by atoms with Crippen molar-refractivity contribution in [1.29, 1.82) is 5.41 Å². The molecule has 1 fully saturated rings. The van der Waals surface area contributed by atoms with E-state index in [1.165, 1.54) is 12.1 Å². The highest BCUT2D eigenvalue weighted by atomic mass is 32.2. The van der Waals surface area contributed by atoms with Gasteiger partial charge in [-0.2, -0.15) is 11.8 Å². The second-order valence-electron chi connectivity index (χ2n) is 4.50. The van der Waals surface area contributed by atoms with E-state index in [0.29, 0.717) is 10.8 Å². The number of benzene rings is 1. The number of nitrogen functional groups attached to an aromatic ring is 1. The number of nitrogens with one attached hydrogen (secondary N) is 1. The van der Waals surface area contributed by atoms with Crippen molar-refractivity contribution in [3.8, 4) is 0 Å². The molecule has 98 valence electrons. The minimum absolute atomic E-state index is 0.0727. The molecule has 1 heterocycles. The largest absolute Gasteiger partial charge is 0.384 e. The minimum Gasteiger partial charge on any atom is -0.384 e. The molecule has 5 heteroatoms. The number of amidine groups is 1. The highest BCUT2D eigenvalue weighted by Gasteiger charge is 2.21. The Bertz CT molecular complexity index is 442. The van der Waals surface area contributed by atoms with Crippen LogP contribution in [0.1, 0.15) is 18.4 Å². The number of hydrogen-bond donors (Lipinski definition) is 2. The molecule has 0 aliphatic carbocycles. The Morgan fingerprint density at radius 1 is 1.44 bits per heavy atom. The number of nitrogens with two attached hydrogens (primary N) is 1. The molecule has 1 aliphatic heterocycles.